The molecule has 1 aliphatic carbocycles. The molecule has 1 heterocycles. The van der Waals surface area contributed by atoms with Crippen molar-refractivity contribution in [3.63, 3.8) is 0 Å². The van der Waals surface area contributed by atoms with Gasteiger partial charge >= 0.3 is 0 Å². The number of nitrogens with two attached hydrogens (primary N) is 1. The molecule has 1 saturated carbocycles. The smallest absolute Gasteiger partial charge is 0.161 e. The summed E-state index contributed by atoms with van der Waals surface area (Å²) in [6.07, 6.45) is 5.28. The van der Waals surface area contributed by atoms with Crippen molar-refractivity contribution in [2.45, 2.75) is 38.5 Å². The third-order valence-electron chi connectivity index (χ3n) is 4.88. The minimum absolute atomic E-state index is 0.457. The van der Waals surface area contributed by atoms with Gasteiger partial charge in [0.15, 0.2) is 11.5 Å². The standard InChI is InChI=1S/C17H25NO2/c1-12-2-4-13(5-3-12)15(11-18)14-6-7-16-17(10-14)20-9-8-19-16/h6-7,10,12-13,15H,2-5,8-9,11,18H2,1H3. The van der Waals surface area contributed by atoms with Crippen LogP contribution >= 0.6 is 0 Å². The third kappa shape index (κ3) is 2.78. The van der Waals surface area contributed by atoms with Gasteiger partial charge in [-0.3, -0.25) is 0 Å². The maximum Gasteiger partial charge on any atom is 0.161 e. The summed E-state index contributed by atoms with van der Waals surface area (Å²) in [5.74, 6) is 3.81. The van der Waals surface area contributed by atoms with Gasteiger partial charge in [-0.1, -0.05) is 25.8 Å². The average Bonchev–Trinajstić information content (AvgIpc) is 2.50. The Morgan fingerprint density at radius 3 is 2.50 bits per heavy atom. The Hall–Kier alpha value is -1.22. The summed E-state index contributed by atoms with van der Waals surface area (Å²) in [6.45, 7) is 4.37. The van der Waals surface area contributed by atoms with Crippen molar-refractivity contribution in [1.29, 1.82) is 0 Å². The second-order valence-corrected chi connectivity index (χ2v) is 6.27. The molecule has 20 heavy (non-hydrogen) atoms. The Morgan fingerprint density at radius 2 is 1.80 bits per heavy atom. The first-order valence-electron chi connectivity index (χ1n) is 7.87. The molecule has 1 atom stereocenters. The molecule has 1 aliphatic heterocycles. The quantitative estimate of drug-likeness (QED) is 0.920. The van der Waals surface area contributed by atoms with Crippen LogP contribution in [0.1, 0.15) is 44.1 Å². The van der Waals surface area contributed by atoms with E-state index in [1.807, 2.05) is 6.07 Å². The van der Waals surface area contributed by atoms with E-state index in [-0.39, 0.29) is 0 Å². The van der Waals surface area contributed by atoms with Gasteiger partial charge in [0.2, 0.25) is 0 Å². The highest BCUT2D eigenvalue weighted by Crippen LogP contribution is 2.40. The highest BCUT2D eigenvalue weighted by Gasteiger charge is 2.27. The SMILES string of the molecule is CC1CCC(C(CN)c2ccc3c(c2)OCCO3)CC1. The van der Waals surface area contributed by atoms with Crippen LogP contribution in [-0.2, 0) is 0 Å². The minimum atomic E-state index is 0.457. The largest absolute Gasteiger partial charge is 0.486 e. The van der Waals surface area contributed by atoms with Gasteiger partial charge in [-0.15, -0.1) is 0 Å². The van der Waals surface area contributed by atoms with Crippen LogP contribution in [0.15, 0.2) is 18.2 Å². The Balaban J connectivity index is 1.78. The van der Waals surface area contributed by atoms with E-state index in [2.05, 4.69) is 19.1 Å². The lowest BCUT2D eigenvalue weighted by molar-refractivity contribution is 0.171. The van der Waals surface area contributed by atoms with E-state index in [0.29, 0.717) is 19.1 Å². The van der Waals surface area contributed by atoms with Gasteiger partial charge in [0.05, 0.1) is 0 Å². The van der Waals surface area contributed by atoms with Crippen LogP contribution in [0, 0.1) is 11.8 Å². The predicted molar refractivity (Wildman–Crippen MR) is 80.3 cm³/mol. The number of hydrogen-bond donors (Lipinski definition) is 1. The first-order chi connectivity index (χ1) is 9.78. The topological polar surface area (TPSA) is 44.5 Å². The molecule has 1 aromatic rings. The lowest BCUT2D eigenvalue weighted by Crippen LogP contribution is -2.25. The van der Waals surface area contributed by atoms with E-state index in [9.17, 15) is 0 Å². The lowest BCUT2D eigenvalue weighted by Gasteiger charge is -2.33. The molecule has 1 aromatic carbocycles. The van der Waals surface area contributed by atoms with Crippen LogP contribution in [0.4, 0.5) is 0 Å². The van der Waals surface area contributed by atoms with Gasteiger partial charge in [-0.2, -0.15) is 0 Å². The van der Waals surface area contributed by atoms with Gasteiger partial charge in [-0.05, 0) is 54.8 Å². The molecule has 2 aliphatic rings. The molecule has 3 rings (SSSR count). The minimum Gasteiger partial charge on any atom is -0.486 e. The van der Waals surface area contributed by atoms with Gasteiger partial charge in [0.1, 0.15) is 13.2 Å². The summed E-state index contributed by atoms with van der Waals surface area (Å²) in [5, 5.41) is 0. The van der Waals surface area contributed by atoms with Crippen molar-refractivity contribution in [3.05, 3.63) is 23.8 Å². The molecule has 0 saturated heterocycles. The predicted octanol–water partition coefficient (Wildman–Crippen LogP) is 3.33. The monoisotopic (exact) mass is 275 g/mol. The summed E-state index contributed by atoms with van der Waals surface area (Å²) in [7, 11) is 0. The molecular weight excluding hydrogens is 250 g/mol. The molecule has 3 nitrogen and oxygen atoms in total. The first kappa shape index (κ1) is 13.7. The van der Waals surface area contributed by atoms with Crippen LogP contribution in [0.2, 0.25) is 0 Å². The Labute approximate surface area is 121 Å². The van der Waals surface area contributed by atoms with Crippen LogP contribution in [-0.4, -0.2) is 19.8 Å². The number of benzene rings is 1. The average molecular weight is 275 g/mol. The van der Waals surface area contributed by atoms with E-state index < -0.39 is 0 Å². The zero-order valence-corrected chi connectivity index (χ0v) is 12.3. The molecule has 3 heteroatoms. The maximum atomic E-state index is 6.07. The molecule has 2 N–H and O–H groups in total. The maximum absolute atomic E-state index is 6.07. The normalized spacial score (nSPS) is 27.1. The molecule has 110 valence electrons. The van der Waals surface area contributed by atoms with E-state index >= 15 is 0 Å². The van der Waals surface area contributed by atoms with Crippen molar-refractivity contribution in [3.8, 4) is 11.5 Å². The van der Waals surface area contributed by atoms with Crippen molar-refractivity contribution < 1.29 is 9.47 Å². The Morgan fingerprint density at radius 1 is 1.10 bits per heavy atom. The molecular formula is C17H25NO2. The fourth-order valence-corrected chi connectivity index (χ4v) is 3.58. The highest BCUT2D eigenvalue weighted by atomic mass is 16.6. The summed E-state index contributed by atoms with van der Waals surface area (Å²) in [5.41, 5.74) is 7.39. The number of rotatable bonds is 3. The van der Waals surface area contributed by atoms with Crippen molar-refractivity contribution in [1.82, 2.24) is 0 Å². The number of hydrogen-bond acceptors (Lipinski definition) is 3. The molecule has 0 amide bonds. The third-order valence-corrected chi connectivity index (χ3v) is 4.88. The van der Waals surface area contributed by atoms with Gasteiger partial charge < -0.3 is 15.2 Å². The zero-order valence-electron chi connectivity index (χ0n) is 12.3. The van der Waals surface area contributed by atoms with Crippen LogP contribution in [0.3, 0.4) is 0 Å². The summed E-state index contributed by atoms with van der Waals surface area (Å²) >= 11 is 0. The second kappa shape index (κ2) is 6.04. The molecule has 1 unspecified atom stereocenters. The van der Waals surface area contributed by atoms with Crippen LogP contribution < -0.4 is 15.2 Å². The molecule has 0 bridgehead atoms. The second-order valence-electron chi connectivity index (χ2n) is 6.27. The fraction of sp³-hybridized carbons (Fsp3) is 0.647. The Bertz CT molecular complexity index is 452. The van der Waals surface area contributed by atoms with Gasteiger partial charge in [0, 0.05) is 0 Å². The van der Waals surface area contributed by atoms with Crippen molar-refractivity contribution in [2.24, 2.45) is 17.6 Å². The molecule has 0 spiro atoms. The van der Waals surface area contributed by atoms with Crippen molar-refractivity contribution in [2.75, 3.05) is 19.8 Å². The summed E-state index contributed by atoms with van der Waals surface area (Å²) in [6, 6.07) is 6.35. The van der Waals surface area contributed by atoms with Crippen molar-refractivity contribution >= 4 is 0 Å². The van der Waals surface area contributed by atoms with E-state index in [4.69, 9.17) is 15.2 Å². The highest BCUT2D eigenvalue weighted by molar-refractivity contribution is 5.45. The molecule has 1 fully saturated rings. The van der Waals surface area contributed by atoms with E-state index in [1.165, 1.54) is 31.2 Å². The first-order valence-corrected chi connectivity index (χ1v) is 7.87. The molecule has 0 radical (unpaired) electrons. The number of ether oxygens (including phenoxy) is 2. The summed E-state index contributed by atoms with van der Waals surface area (Å²) in [4.78, 5) is 0. The van der Waals surface area contributed by atoms with Gasteiger partial charge in [-0.25, -0.2) is 0 Å². The number of fused-ring (bicyclic) bond motifs is 1. The fourth-order valence-electron chi connectivity index (χ4n) is 3.58. The lowest BCUT2D eigenvalue weighted by atomic mass is 9.74. The Kier molecular flexibility index (Phi) is 4.16. The van der Waals surface area contributed by atoms with E-state index in [1.54, 1.807) is 0 Å². The zero-order chi connectivity index (χ0) is 13.9. The van der Waals surface area contributed by atoms with Gasteiger partial charge in [0.25, 0.3) is 0 Å². The van der Waals surface area contributed by atoms with E-state index in [0.717, 1.165) is 29.9 Å². The molecule has 0 aromatic heterocycles. The van der Waals surface area contributed by atoms with Crippen LogP contribution in [0.25, 0.3) is 0 Å². The van der Waals surface area contributed by atoms with Crippen LogP contribution in [0.5, 0.6) is 11.5 Å². The summed E-state index contributed by atoms with van der Waals surface area (Å²) < 4.78 is 11.3.